The van der Waals surface area contributed by atoms with Gasteiger partial charge in [-0.15, -0.1) is 0 Å². The highest BCUT2D eigenvalue weighted by Gasteiger charge is 2.31. The fraction of sp³-hybridized carbons (Fsp3) is 0.471. The Labute approximate surface area is 125 Å². The minimum atomic E-state index is -1.55. The molecule has 1 aliphatic rings. The first-order valence-corrected chi connectivity index (χ1v) is 7.70. The molecule has 1 aliphatic carbocycles. The van der Waals surface area contributed by atoms with Gasteiger partial charge in [-0.05, 0) is 24.5 Å². The Hall–Kier alpha value is -1.68. The Morgan fingerprint density at radius 3 is 2.57 bits per heavy atom. The predicted molar refractivity (Wildman–Crippen MR) is 81.7 cm³/mol. The van der Waals surface area contributed by atoms with Gasteiger partial charge in [-0.2, -0.15) is 5.10 Å². The number of nitrogens with zero attached hydrogens (tertiary/aromatic N) is 2. The minimum Gasteiger partial charge on any atom is -0.327 e. The normalized spacial score (nSPS) is 18.8. The fourth-order valence-corrected chi connectivity index (χ4v) is 3.16. The van der Waals surface area contributed by atoms with Gasteiger partial charge in [-0.25, -0.2) is 4.39 Å². The van der Waals surface area contributed by atoms with Gasteiger partial charge in [0.1, 0.15) is 0 Å². The van der Waals surface area contributed by atoms with Gasteiger partial charge in [-0.3, -0.25) is 4.68 Å². The highest BCUT2D eigenvalue weighted by atomic mass is 19.1. The Morgan fingerprint density at radius 1 is 1.19 bits per heavy atom. The molecule has 1 aromatic carbocycles. The van der Waals surface area contributed by atoms with Crippen LogP contribution in [-0.2, 0) is 12.1 Å². The van der Waals surface area contributed by atoms with Gasteiger partial charge in [0.2, 0.25) is 0 Å². The molecule has 112 valence electrons. The molecular formula is C17H22FN3. The molecule has 3 nitrogen and oxygen atoms in total. The number of hydrogen-bond donors (Lipinski definition) is 1. The second-order valence-electron chi connectivity index (χ2n) is 5.94. The van der Waals surface area contributed by atoms with Crippen LogP contribution in [0, 0.1) is 0 Å². The van der Waals surface area contributed by atoms with Gasteiger partial charge < -0.3 is 5.73 Å². The summed E-state index contributed by atoms with van der Waals surface area (Å²) < 4.78 is 17.2. The third-order valence-electron chi connectivity index (χ3n) is 4.44. The lowest BCUT2D eigenvalue weighted by Crippen LogP contribution is -2.33. The molecule has 2 N–H and O–H groups in total. The Morgan fingerprint density at radius 2 is 1.90 bits per heavy atom. The zero-order chi connectivity index (χ0) is 14.7. The number of rotatable bonds is 5. The molecule has 0 spiro atoms. The molecule has 0 bridgehead atoms. The van der Waals surface area contributed by atoms with E-state index in [1.54, 1.807) is 12.1 Å². The maximum atomic E-state index is 15.2. The van der Waals surface area contributed by atoms with Crippen molar-refractivity contribution in [2.45, 2.75) is 43.8 Å². The first-order valence-electron chi connectivity index (χ1n) is 7.70. The van der Waals surface area contributed by atoms with E-state index in [1.165, 1.54) is 25.7 Å². The molecule has 1 heterocycles. The summed E-state index contributed by atoms with van der Waals surface area (Å²) >= 11 is 0. The van der Waals surface area contributed by atoms with Gasteiger partial charge >= 0.3 is 0 Å². The lowest BCUT2D eigenvalue weighted by molar-refractivity contribution is 0.173. The van der Waals surface area contributed by atoms with Crippen LogP contribution in [0.25, 0.3) is 0 Å². The lowest BCUT2D eigenvalue weighted by Gasteiger charge is -2.23. The van der Waals surface area contributed by atoms with Crippen LogP contribution in [0.15, 0.2) is 42.6 Å². The summed E-state index contributed by atoms with van der Waals surface area (Å²) in [5, 5.41) is 4.57. The van der Waals surface area contributed by atoms with E-state index in [9.17, 15) is 0 Å². The smallest absolute Gasteiger partial charge is 0.153 e. The van der Waals surface area contributed by atoms with E-state index in [0.29, 0.717) is 11.6 Å². The van der Waals surface area contributed by atoms with E-state index in [0.717, 1.165) is 5.69 Å². The molecule has 1 fully saturated rings. The van der Waals surface area contributed by atoms with Crippen molar-refractivity contribution in [3.05, 3.63) is 53.9 Å². The van der Waals surface area contributed by atoms with Crippen molar-refractivity contribution in [3.8, 4) is 0 Å². The molecule has 3 rings (SSSR count). The molecule has 0 saturated heterocycles. The zero-order valence-electron chi connectivity index (χ0n) is 12.2. The predicted octanol–water partition coefficient (Wildman–Crippen LogP) is 3.36. The molecule has 2 aromatic rings. The van der Waals surface area contributed by atoms with Gasteiger partial charge in [0.25, 0.3) is 0 Å². The molecular weight excluding hydrogens is 265 g/mol. The second-order valence-corrected chi connectivity index (χ2v) is 5.94. The summed E-state index contributed by atoms with van der Waals surface area (Å²) in [5.41, 5.74) is 5.57. The monoisotopic (exact) mass is 287 g/mol. The Bertz CT molecular complexity index is 575. The van der Waals surface area contributed by atoms with Crippen LogP contribution >= 0.6 is 0 Å². The first-order chi connectivity index (χ1) is 10.2. The van der Waals surface area contributed by atoms with Crippen molar-refractivity contribution >= 4 is 0 Å². The van der Waals surface area contributed by atoms with Gasteiger partial charge in [0.15, 0.2) is 5.67 Å². The van der Waals surface area contributed by atoms with Crippen molar-refractivity contribution in [1.29, 1.82) is 0 Å². The van der Waals surface area contributed by atoms with E-state index in [1.807, 2.05) is 35.1 Å². The maximum Gasteiger partial charge on any atom is 0.153 e. The number of alkyl halides is 1. The van der Waals surface area contributed by atoms with Crippen molar-refractivity contribution in [3.63, 3.8) is 0 Å². The average Bonchev–Trinajstić information content (AvgIpc) is 3.19. The van der Waals surface area contributed by atoms with E-state index in [2.05, 4.69) is 5.10 Å². The molecule has 0 radical (unpaired) electrons. The number of nitrogens with two attached hydrogens (primary N) is 1. The summed E-state index contributed by atoms with van der Waals surface area (Å²) in [5.74, 6) is 0. The fourth-order valence-electron chi connectivity index (χ4n) is 3.16. The van der Waals surface area contributed by atoms with Crippen molar-refractivity contribution < 1.29 is 4.39 Å². The van der Waals surface area contributed by atoms with Crippen molar-refractivity contribution in [2.75, 3.05) is 6.54 Å². The molecule has 1 saturated carbocycles. The van der Waals surface area contributed by atoms with Crippen LogP contribution in [0.5, 0.6) is 0 Å². The van der Waals surface area contributed by atoms with Gasteiger partial charge in [0, 0.05) is 19.2 Å². The number of benzene rings is 1. The summed E-state index contributed by atoms with van der Waals surface area (Å²) in [6.45, 7) is -0.0344. The standard InChI is InChI=1S/C17H22FN3/c18-17(13-19,14-6-2-1-3-7-14)12-15-10-11-21(20-15)16-8-4-5-9-16/h1-3,6-7,10-11,16H,4-5,8-9,12-13,19H2. The number of hydrogen-bond acceptors (Lipinski definition) is 2. The highest BCUT2D eigenvalue weighted by Crippen LogP contribution is 2.31. The van der Waals surface area contributed by atoms with Gasteiger partial charge in [-0.1, -0.05) is 43.2 Å². The molecule has 0 amide bonds. The van der Waals surface area contributed by atoms with Crippen molar-refractivity contribution in [1.82, 2.24) is 9.78 Å². The zero-order valence-corrected chi connectivity index (χ0v) is 12.2. The summed E-state index contributed by atoms with van der Waals surface area (Å²) in [6, 6.07) is 11.6. The molecule has 4 heteroatoms. The van der Waals surface area contributed by atoms with E-state index in [-0.39, 0.29) is 13.0 Å². The van der Waals surface area contributed by atoms with Crippen LogP contribution in [0.2, 0.25) is 0 Å². The maximum absolute atomic E-state index is 15.2. The topological polar surface area (TPSA) is 43.8 Å². The summed E-state index contributed by atoms with van der Waals surface area (Å²) in [6.07, 6.45) is 7.09. The minimum absolute atomic E-state index is 0.0344. The first kappa shape index (κ1) is 14.3. The third kappa shape index (κ3) is 3.00. The Kier molecular flexibility index (Phi) is 4.06. The van der Waals surface area contributed by atoms with Gasteiger partial charge in [0.05, 0.1) is 11.7 Å². The lowest BCUT2D eigenvalue weighted by atomic mass is 9.91. The summed E-state index contributed by atoms with van der Waals surface area (Å²) in [7, 11) is 0. The largest absolute Gasteiger partial charge is 0.327 e. The average molecular weight is 287 g/mol. The van der Waals surface area contributed by atoms with E-state index >= 15 is 4.39 Å². The molecule has 21 heavy (non-hydrogen) atoms. The van der Waals surface area contributed by atoms with Crippen LogP contribution < -0.4 is 5.73 Å². The van der Waals surface area contributed by atoms with Crippen molar-refractivity contribution in [2.24, 2.45) is 5.73 Å². The third-order valence-corrected chi connectivity index (χ3v) is 4.44. The van der Waals surface area contributed by atoms with E-state index < -0.39 is 5.67 Å². The van der Waals surface area contributed by atoms with Crippen LogP contribution in [0.3, 0.4) is 0 Å². The summed E-state index contributed by atoms with van der Waals surface area (Å²) in [4.78, 5) is 0. The molecule has 1 unspecified atom stereocenters. The second kappa shape index (κ2) is 5.98. The molecule has 0 aliphatic heterocycles. The molecule has 1 aromatic heterocycles. The molecule has 1 atom stereocenters. The van der Waals surface area contributed by atoms with Crippen LogP contribution in [0.4, 0.5) is 4.39 Å². The van der Waals surface area contributed by atoms with Crippen LogP contribution in [-0.4, -0.2) is 16.3 Å². The number of halogens is 1. The Balaban J connectivity index is 1.78. The number of aromatic nitrogens is 2. The highest BCUT2D eigenvalue weighted by molar-refractivity contribution is 5.25. The van der Waals surface area contributed by atoms with E-state index in [4.69, 9.17) is 5.73 Å². The van der Waals surface area contributed by atoms with Crippen LogP contribution in [0.1, 0.15) is 43.0 Å². The SMILES string of the molecule is NCC(F)(Cc1ccn(C2CCCC2)n1)c1ccccc1. The quantitative estimate of drug-likeness (QED) is 0.916.